The van der Waals surface area contributed by atoms with Crippen LogP contribution in [0.5, 0.6) is 0 Å². The summed E-state index contributed by atoms with van der Waals surface area (Å²) in [5.74, 6) is 1.80. The zero-order chi connectivity index (χ0) is 37.5. The summed E-state index contributed by atoms with van der Waals surface area (Å²) < 4.78 is 15.7. The van der Waals surface area contributed by atoms with Crippen LogP contribution in [0.3, 0.4) is 0 Å². The molecule has 272 valence electrons. The van der Waals surface area contributed by atoms with E-state index in [4.69, 9.17) is 13.8 Å². The molecule has 0 fully saturated rings. The van der Waals surface area contributed by atoms with Gasteiger partial charge in [0, 0.05) is 61.1 Å². The average molecular weight is 737 g/mol. The predicted octanol–water partition coefficient (Wildman–Crippen LogP) is 12.3. The van der Waals surface area contributed by atoms with Gasteiger partial charge in [-0.25, -0.2) is 4.99 Å². The van der Waals surface area contributed by atoms with Crippen molar-refractivity contribution in [2.45, 2.75) is 24.8 Å². The first-order chi connectivity index (χ1) is 28.2. The van der Waals surface area contributed by atoms with E-state index in [1.165, 1.54) is 27.4 Å². The number of amidine groups is 1. The Morgan fingerprint density at radius 3 is 2.07 bits per heavy atom. The summed E-state index contributed by atoms with van der Waals surface area (Å²) in [6, 6.07) is 57.9. The summed E-state index contributed by atoms with van der Waals surface area (Å²) in [6.45, 7) is 0. The quantitative estimate of drug-likeness (QED) is 0.185. The first kappa shape index (κ1) is 32.1. The van der Waals surface area contributed by atoms with Crippen LogP contribution in [0.2, 0.25) is 0 Å². The Bertz CT molecular complexity index is 3190. The van der Waals surface area contributed by atoms with Crippen molar-refractivity contribution in [2.24, 2.45) is 4.99 Å². The lowest BCUT2D eigenvalue weighted by Gasteiger charge is -2.32. The van der Waals surface area contributed by atoms with Gasteiger partial charge in [0.25, 0.3) is 0 Å². The van der Waals surface area contributed by atoms with Gasteiger partial charge < -0.3 is 18.7 Å². The molecule has 3 atom stereocenters. The fourth-order valence-corrected chi connectivity index (χ4v) is 9.15. The molecular weight excluding hydrogens is 701 g/mol. The summed E-state index contributed by atoms with van der Waals surface area (Å²) in [6.07, 6.45) is 4.93. The Hall–Kier alpha value is -7.15. The second-order valence-electron chi connectivity index (χ2n) is 15.1. The summed E-state index contributed by atoms with van der Waals surface area (Å²) in [7, 11) is 0. The van der Waals surface area contributed by atoms with Crippen LogP contribution >= 0.6 is 0 Å². The van der Waals surface area contributed by atoms with Gasteiger partial charge in [0.15, 0.2) is 0 Å². The number of hydrogen-bond donors (Lipinski definition) is 2. The second kappa shape index (κ2) is 12.7. The highest BCUT2D eigenvalue weighted by molar-refractivity contribution is 6.11. The molecule has 3 unspecified atom stereocenters. The minimum Gasteiger partial charge on any atom is -0.456 e. The molecule has 1 aliphatic heterocycles. The number of benzene rings is 7. The Balaban J connectivity index is 0.925. The van der Waals surface area contributed by atoms with Crippen LogP contribution in [0.4, 0.5) is 0 Å². The third-order valence-electron chi connectivity index (χ3n) is 11.8. The lowest BCUT2D eigenvalue weighted by Crippen LogP contribution is -2.44. The first-order valence-corrected chi connectivity index (χ1v) is 19.6. The van der Waals surface area contributed by atoms with Crippen molar-refractivity contribution in [1.82, 2.24) is 15.2 Å². The van der Waals surface area contributed by atoms with E-state index in [-0.39, 0.29) is 18.4 Å². The number of nitrogens with zero attached hydrogens (tertiary/aromatic N) is 2. The molecule has 6 heteroatoms. The highest BCUT2D eigenvalue weighted by Crippen LogP contribution is 2.42. The minimum absolute atomic E-state index is 0.108. The zero-order valence-corrected chi connectivity index (χ0v) is 30.9. The van der Waals surface area contributed by atoms with Gasteiger partial charge in [-0.2, -0.15) is 0 Å². The molecule has 1 aliphatic carbocycles. The van der Waals surface area contributed by atoms with Crippen molar-refractivity contribution in [1.29, 1.82) is 0 Å². The van der Waals surface area contributed by atoms with Crippen molar-refractivity contribution < 1.29 is 8.83 Å². The SMILES string of the molecule is C1=CC(n2c3ccccc3c3ccccc32)Cc2c1oc1ccc(-c3cccc4c3oc3ccc(C5N=C(c6ccccc6)NC(c6ccccc6)N5)cc34)cc21. The maximum atomic E-state index is 6.71. The van der Waals surface area contributed by atoms with Crippen molar-refractivity contribution in [2.75, 3.05) is 0 Å². The van der Waals surface area contributed by atoms with Crippen molar-refractivity contribution in [3.8, 4) is 11.1 Å². The van der Waals surface area contributed by atoms with E-state index in [9.17, 15) is 0 Å². The predicted molar refractivity (Wildman–Crippen MR) is 231 cm³/mol. The lowest BCUT2D eigenvalue weighted by atomic mass is 9.94. The minimum atomic E-state index is -0.265. The van der Waals surface area contributed by atoms with E-state index < -0.39 is 0 Å². The molecule has 12 rings (SSSR count). The zero-order valence-electron chi connectivity index (χ0n) is 30.9. The Kier molecular flexibility index (Phi) is 7.16. The summed E-state index contributed by atoms with van der Waals surface area (Å²) in [5.41, 5.74) is 11.8. The molecule has 10 aromatic rings. The van der Waals surface area contributed by atoms with E-state index >= 15 is 0 Å². The van der Waals surface area contributed by atoms with Gasteiger partial charge in [-0.15, -0.1) is 0 Å². The Morgan fingerprint density at radius 1 is 0.561 bits per heavy atom. The standard InChI is InChI=1S/C51H36N4O2/c1-3-12-31(13-4-1)49-52-50(32-14-5-2-6-15-32)54-51(53-49)34-23-26-47-40(29-34)39-19-11-18-36(48(39)57-47)33-22-25-45-41(28-33)42-30-35(24-27-46(42)56-45)55-43-20-9-7-16-37(43)38-17-8-10-21-44(38)55/h1-29,35,49,51,53H,30H2,(H,52,54). The third-order valence-corrected chi connectivity index (χ3v) is 11.8. The molecule has 6 nitrogen and oxygen atoms in total. The van der Waals surface area contributed by atoms with Gasteiger partial charge in [-0.1, -0.05) is 133 Å². The van der Waals surface area contributed by atoms with Gasteiger partial charge in [-0.05, 0) is 59.2 Å². The molecule has 0 saturated carbocycles. The van der Waals surface area contributed by atoms with Gasteiger partial charge in [0.2, 0.25) is 0 Å². The summed E-state index contributed by atoms with van der Waals surface area (Å²) >= 11 is 0. The molecule has 2 aliphatic rings. The van der Waals surface area contributed by atoms with Gasteiger partial charge in [0.05, 0.1) is 6.04 Å². The summed E-state index contributed by atoms with van der Waals surface area (Å²) in [5, 5.41) is 13.2. The van der Waals surface area contributed by atoms with E-state index in [0.717, 1.165) is 78.7 Å². The van der Waals surface area contributed by atoms with Crippen LogP contribution in [-0.2, 0) is 6.42 Å². The number of nitrogens with one attached hydrogen (secondary N) is 2. The normalized spacial score (nSPS) is 18.0. The van der Waals surface area contributed by atoms with Crippen LogP contribution in [-0.4, -0.2) is 10.4 Å². The van der Waals surface area contributed by atoms with Crippen LogP contribution < -0.4 is 10.6 Å². The molecule has 3 aromatic heterocycles. The third kappa shape index (κ3) is 5.18. The fourth-order valence-electron chi connectivity index (χ4n) is 9.15. The molecule has 0 radical (unpaired) electrons. The van der Waals surface area contributed by atoms with E-state index in [1.807, 2.05) is 12.1 Å². The number of allylic oxidation sites excluding steroid dienone is 1. The molecular formula is C51H36N4O2. The fraction of sp³-hybridized carbons (Fsp3) is 0.0784. The molecule has 57 heavy (non-hydrogen) atoms. The van der Waals surface area contributed by atoms with E-state index in [1.54, 1.807) is 0 Å². The maximum absolute atomic E-state index is 6.71. The molecule has 0 bridgehead atoms. The van der Waals surface area contributed by atoms with Crippen molar-refractivity contribution >= 4 is 66.6 Å². The average Bonchev–Trinajstić information content (AvgIpc) is 3.95. The highest BCUT2D eigenvalue weighted by atomic mass is 16.3. The van der Waals surface area contributed by atoms with E-state index in [0.29, 0.717) is 0 Å². The number of aliphatic imine (C=N–C) groups is 1. The number of fused-ring (bicyclic) bond motifs is 9. The monoisotopic (exact) mass is 736 g/mol. The number of hydrogen-bond acceptors (Lipinski definition) is 5. The molecule has 2 N–H and O–H groups in total. The number of furan rings is 2. The van der Waals surface area contributed by atoms with Crippen molar-refractivity contribution in [3.05, 3.63) is 198 Å². The topological polar surface area (TPSA) is 67.6 Å². The lowest BCUT2D eigenvalue weighted by molar-refractivity contribution is 0.409. The molecule has 0 spiro atoms. The van der Waals surface area contributed by atoms with Crippen molar-refractivity contribution in [3.63, 3.8) is 0 Å². The molecule has 0 saturated heterocycles. The van der Waals surface area contributed by atoms with Gasteiger partial charge in [0.1, 0.15) is 40.7 Å². The smallest absolute Gasteiger partial charge is 0.143 e. The molecule has 0 amide bonds. The maximum Gasteiger partial charge on any atom is 0.143 e. The number of rotatable bonds is 5. The van der Waals surface area contributed by atoms with Crippen LogP contribution in [0, 0.1) is 0 Å². The van der Waals surface area contributed by atoms with Crippen LogP contribution in [0.15, 0.2) is 184 Å². The summed E-state index contributed by atoms with van der Waals surface area (Å²) in [4.78, 5) is 5.19. The van der Waals surface area contributed by atoms with Crippen LogP contribution in [0.25, 0.3) is 71.9 Å². The van der Waals surface area contributed by atoms with E-state index in [2.05, 4.69) is 179 Å². The second-order valence-corrected chi connectivity index (χ2v) is 15.1. The Labute approximate surface area is 328 Å². The molecule has 7 aromatic carbocycles. The first-order valence-electron chi connectivity index (χ1n) is 19.6. The number of para-hydroxylation sites is 3. The van der Waals surface area contributed by atoms with Gasteiger partial charge >= 0.3 is 0 Å². The Morgan fingerprint density at radius 2 is 1.26 bits per heavy atom. The molecule has 4 heterocycles. The largest absolute Gasteiger partial charge is 0.456 e. The van der Waals surface area contributed by atoms with Crippen LogP contribution in [0.1, 0.15) is 46.4 Å². The number of aromatic nitrogens is 1. The highest BCUT2D eigenvalue weighted by Gasteiger charge is 2.27. The van der Waals surface area contributed by atoms with Gasteiger partial charge in [-0.3, -0.25) is 5.32 Å².